The smallest absolute Gasteiger partial charge is 0.211 e. The SMILES string of the molecule is CC(C)C1=C(N=C=O)C(C(C)C)(C(F)(F)F)N=N1. The van der Waals surface area contributed by atoms with Crippen LogP contribution in [0.15, 0.2) is 26.6 Å². The Bertz CT molecular complexity index is 445. The van der Waals surface area contributed by atoms with Gasteiger partial charge in [0.2, 0.25) is 11.6 Å². The van der Waals surface area contributed by atoms with Gasteiger partial charge in [-0.15, -0.1) is 0 Å². The van der Waals surface area contributed by atoms with Crippen molar-refractivity contribution in [3.63, 3.8) is 0 Å². The average molecular weight is 261 g/mol. The van der Waals surface area contributed by atoms with Gasteiger partial charge < -0.3 is 0 Å². The minimum atomic E-state index is -4.66. The van der Waals surface area contributed by atoms with Crippen molar-refractivity contribution in [2.24, 2.45) is 27.1 Å². The molecule has 0 fully saturated rings. The standard InChI is InChI=1S/C11H14F3N3O/c1-6(2)8-9(15-5-18)10(7(3)4,17-16-8)11(12,13)14/h6-7H,1-4H3. The van der Waals surface area contributed by atoms with E-state index >= 15 is 0 Å². The molecule has 0 aromatic heterocycles. The van der Waals surface area contributed by atoms with Crippen LogP contribution in [0.25, 0.3) is 0 Å². The molecule has 0 amide bonds. The fraction of sp³-hybridized carbons (Fsp3) is 0.727. The van der Waals surface area contributed by atoms with E-state index in [4.69, 9.17) is 0 Å². The van der Waals surface area contributed by atoms with Gasteiger partial charge in [-0.25, -0.2) is 4.79 Å². The number of hydrogen-bond acceptors (Lipinski definition) is 4. The number of aliphatic imine (C=N–C) groups is 1. The van der Waals surface area contributed by atoms with Crippen LogP contribution in [0.2, 0.25) is 0 Å². The summed E-state index contributed by atoms with van der Waals surface area (Å²) in [6, 6.07) is 0. The third-order valence-electron chi connectivity index (χ3n) is 2.89. The van der Waals surface area contributed by atoms with Crippen LogP contribution in [0.1, 0.15) is 27.7 Å². The van der Waals surface area contributed by atoms with Crippen molar-refractivity contribution < 1.29 is 18.0 Å². The second-order valence-electron chi connectivity index (χ2n) is 4.71. The number of alkyl halides is 3. The Morgan fingerprint density at radius 1 is 1.28 bits per heavy atom. The largest absolute Gasteiger partial charge is 0.421 e. The summed E-state index contributed by atoms with van der Waals surface area (Å²) >= 11 is 0. The number of azo groups is 1. The minimum absolute atomic E-state index is 0.0874. The molecule has 18 heavy (non-hydrogen) atoms. The maximum atomic E-state index is 13.3. The monoisotopic (exact) mass is 261 g/mol. The average Bonchev–Trinajstić information content (AvgIpc) is 2.57. The first-order valence-electron chi connectivity index (χ1n) is 5.50. The maximum absolute atomic E-state index is 13.3. The molecule has 7 heteroatoms. The van der Waals surface area contributed by atoms with E-state index in [1.807, 2.05) is 0 Å². The number of halogens is 3. The molecule has 0 aromatic carbocycles. The third-order valence-corrected chi connectivity index (χ3v) is 2.89. The molecular formula is C11H14F3N3O. The van der Waals surface area contributed by atoms with Gasteiger partial charge in [-0.3, -0.25) is 0 Å². The molecule has 1 unspecified atom stereocenters. The molecule has 0 aromatic rings. The highest BCUT2D eigenvalue weighted by Gasteiger charge is 2.63. The third kappa shape index (κ3) is 1.99. The number of isocyanates is 1. The lowest BCUT2D eigenvalue weighted by molar-refractivity contribution is -0.185. The van der Waals surface area contributed by atoms with Crippen LogP contribution in [-0.4, -0.2) is 17.8 Å². The Balaban J connectivity index is 3.56. The van der Waals surface area contributed by atoms with Gasteiger partial charge in [0, 0.05) is 0 Å². The zero-order valence-corrected chi connectivity index (χ0v) is 10.5. The highest BCUT2D eigenvalue weighted by atomic mass is 19.4. The Labute approximate surface area is 103 Å². The van der Waals surface area contributed by atoms with Crippen molar-refractivity contribution in [2.45, 2.75) is 39.4 Å². The molecule has 4 nitrogen and oxygen atoms in total. The number of hydrogen-bond donors (Lipinski definition) is 0. The first-order chi connectivity index (χ1) is 8.18. The first kappa shape index (κ1) is 14.6. The van der Waals surface area contributed by atoms with E-state index < -0.39 is 23.3 Å². The molecule has 100 valence electrons. The molecule has 1 rings (SSSR count). The number of allylic oxidation sites excluding steroid dienone is 1. The predicted molar refractivity (Wildman–Crippen MR) is 58.5 cm³/mol. The van der Waals surface area contributed by atoms with Gasteiger partial charge >= 0.3 is 6.18 Å². The summed E-state index contributed by atoms with van der Waals surface area (Å²) in [7, 11) is 0. The molecule has 1 atom stereocenters. The summed E-state index contributed by atoms with van der Waals surface area (Å²) in [5.74, 6) is -1.21. The van der Waals surface area contributed by atoms with Crippen LogP contribution in [-0.2, 0) is 4.79 Å². The van der Waals surface area contributed by atoms with Gasteiger partial charge in [0.1, 0.15) is 5.70 Å². The van der Waals surface area contributed by atoms with Gasteiger partial charge in [-0.05, 0) is 11.8 Å². The van der Waals surface area contributed by atoms with E-state index in [0.717, 1.165) is 0 Å². The summed E-state index contributed by atoms with van der Waals surface area (Å²) in [4.78, 5) is 13.6. The van der Waals surface area contributed by atoms with Crippen LogP contribution < -0.4 is 0 Å². The summed E-state index contributed by atoms with van der Waals surface area (Å²) in [5, 5.41) is 6.98. The fourth-order valence-corrected chi connectivity index (χ4v) is 1.91. The molecular weight excluding hydrogens is 247 g/mol. The van der Waals surface area contributed by atoms with E-state index in [0.29, 0.717) is 0 Å². The van der Waals surface area contributed by atoms with Crippen LogP contribution in [0.4, 0.5) is 13.2 Å². The maximum Gasteiger partial charge on any atom is 0.421 e. The zero-order chi connectivity index (χ0) is 14.1. The van der Waals surface area contributed by atoms with E-state index in [2.05, 4.69) is 15.2 Å². The number of nitrogens with zero attached hydrogens (tertiary/aromatic N) is 3. The topological polar surface area (TPSA) is 54.1 Å². The summed E-state index contributed by atoms with van der Waals surface area (Å²) in [6.07, 6.45) is -3.48. The second-order valence-corrected chi connectivity index (χ2v) is 4.71. The molecule has 0 aliphatic carbocycles. The predicted octanol–water partition coefficient (Wildman–Crippen LogP) is 3.61. The van der Waals surface area contributed by atoms with E-state index in [-0.39, 0.29) is 11.6 Å². The van der Waals surface area contributed by atoms with E-state index in [1.54, 1.807) is 13.8 Å². The molecule has 0 N–H and O–H groups in total. The lowest BCUT2D eigenvalue weighted by atomic mass is 9.82. The second kappa shape index (κ2) is 4.65. The molecule has 1 aliphatic heterocycles. The van der Waals surface area contributed by atoms with E-state index in [1.165, 1.54) is 19.9 Å². The van der Waals surface area contributed by atoms with E-state index in [9.17, 15) is 18.0 Å². The van der Waals surface area contributed by atoms with Gasteiger partial charge in [-0.1, -0.05) is 27.7 Å². The quantitative estimate of drug-likeness (QED) is 0.565. The normalized spacial score (nSPS) is 24.1. The Kier molecular flexibility index (Phi) is 3.76. The molecule has 1 aliphatic rings. The van der Waals surface area contributed by atoms with Crippen molar-refractivity contribution in [1.82, 2.24) is 0 Å². The molecule has 0 bridgehead atoms. The van der Waals surface area contributed by atoms with Crippen LogP contribution >= 0.6 is 0 Å². The lowest BCUT2D eigenvalue weighted by Crippen LogP contribution is -2.48. The first-order valence-corrected chi connectivity index (χ1v) is 5.50. The number of carbonyl (C=O) groups excluding carboxylic acids is 1. The Hall–Kier alpha value is -1.49. The van der Waals surface area contributed by atoms with Crippen molar-refractivity contribution >= 4 is 6.08 Å². The Morgan fingerprint density at radius 3 is 2.17 bits per heavy atom. The minimum Gasteiger partial charge on any atom is -0.211 e. The van der Waals surface area contributed by atoms with Gasteiger partial charge in [0.05, 0.1) is 5.70 Å². The van der Waals surface area contributed by atoms with Gasteiger partial charge in [-0.2, -0.15) is 28.4 Å². The van der Waals surface area contributed by atoms with Crippen molar-refractivity contribution in [3.05, 3.63) is 11.4 Å². The summed E-state index contributed by atoms with van der Waals surface area (Å²) in [6.45, 7) is 6.08. The highest BCUT2D eigenvalue weighted by Crippen LogP contribution is 2.50. The molecule has 0 saturated carbocycles. The van der Waals surface area contributed by atoms with Crippen LogP contribution in [0.3, 0.4) is 0 Å². The molecule has 0 spiro atoms. The van der Waals surface area contributed by atoms with Crippen LogP contribution in [0.5, 0.6) is 0 Å². The van der Waals surface area contributed by atoms with Crippen molar-refractivity contribution in [3.8, 4) is 0 Å². The zero-order valence-electron chi connectivity index (χ0n) is 10.5. The van der Waals surface area contributed by atoms with Gasteiger partial charge in [0.15, 0.2) is 0 Å². The van der Waals surface area contributed by atoms with Gasteiger partial charge in [0.25, 0.3) is 0 Å². The molecule has 0 radical (unpaired) electrons. The summed E-state index contributed by atoms with van der Waals surface area (Å²) < 4.78 is 39.9. The number of rotatable bonds is 3. The fourth-order valence-electron chi connectivity index (χ4n) is 1.91. The Morgan fingerprint density at radius 2 is 1.83 bits per heavy atom. The van der Waals surface area contributed by atoms with Crippen LogP contribution in [0, 0.1) is 11.8 Å². The summed E-state index contributed by atoms with van der Waals surface area (Å²) in [5.41, 5.74) is -2.89. The van der Waals surface area contributed by atoms with Crippen molar-refractivity contribution in [2.75, 3.05) is 0 Å². The molecule has 1 heterocycles. The molecule has 0 saturated heterocycles. The van der Waals surface area contributed by atoms with Crippen molar-refractivity contribution in [1.29, 1.82) is 0 Å². The lowest BCUT2D eigenvalue weighted by Gasteiger charge is -2.31. The highest BCUT2D eigenvalue weighted by molar-refractivity contribution is 5.44.